The van der Waals surface area contributed by atoms with Gasteiger partial charge in [-0.2, -0.15) is 0 Å². The molecule has 20 heavy (non-hydrogen) atoms. The molecule has 0 bridgehead atoms. The number of nitrogens with two attached hydrogens (primary N) is 1. The summed E-state index contributed by atoms with van der Waals surface area (Å²) < 4.78 is 11.6. The Labute approximate surface area is 121 Å². The zero-order chi connectivity index (χ0) is 14.5. The molecule has 2 rings (SSSR count). The monoisotopic (exact) mass is 278 g/mol. The van der Waals surface area contributed by atoms with Crippen molar-refractivity contribution in [1.29, 1.82) is 0 Å². The van der Waals surface area contributed by atoms with E-state index in [2.05, 4.69) is 18.0 Å². The molecule has 0 spiro atoms. The van der Waals surface area contributed by atoms with E-state index in [1.165, 1.54) is 5.56 Å². The van der Waals surface area contributed by atoms with Crippen LogP contribution in [-0.2, 0) is 6.42 Å². The van der Waals surface area contributed by atoms with E-state index in [9.17, 15) is 0 Å². The van der Waals surface area contributed by atoms with Crippen LogP contribution in [0.1, 0.15) is 25.3 Å². The maximum atomic E-state index is 6.10. The number of ether oxygens (including phenoxy) is 2. The fourth-order valence-electron chi connectivity index (χ4n) is 2.59. The maximum absolute atomic E-state index is 6.10. The fourth-order valence-corrected chi connectivity index (χ4v) is 2.59. The standard InChI is InChI=1S/C16H26N2O2/c1-12(17)10-13-4-5-15(16(11-13)19-3)20-14-6-8-18(2)9-7-14/h4-5,11-12,14H,6-10,17H2,1-3H3. The van der Waals surface area contributed by atoms with Gasteiger partial charge < -0.3 is 20.1 Å². The number of hydrogen-bond acceptors (Lipinski definition) is 4. The van der Waals surface area contributed by atoms with Crippen LogP contribution in [0.4, 0.5) is 0 Å². The van der Waals surface area contributed by atoms with Crippen LogP contribution >= 0.6 is 0 Å². The summed E-state index contributed by atoms with van der Waals surface area (Å²) in [6, 6.07) is 6.28. The zero-order valence-corrected chi connectivity index (χ0v) is 12.8. The van der Waals surface area contributed by atoms with Gasteiger partial charge in [0.1, 0.15) is 6.10 Å². The third kappa shape index (κ3) is 4.12. The van der Waals surface area contributed by atoms with E-state index in [0.717, 1.165) is 43.9 Å². The Hall–Kier alpha value is -1.26. The number of nitrogens with zero attached hydrogens (tertiary/aromatic N) is 1. The Bertz CT molecular complexity index is 426. The molecular weight excluding hydrogens is 252 g/mol. The molecule has 2 N–H and O–H groups in total. The highest BCUT2D eigenvalue weighted by Gasteiger charge is 2.19. The van der Waals surface area contributed by atoms with E-state index in [-0.39, 0.29) is 6.04 Å². The minimum absolute atomic E-state index is 0.153. The van der Waals surface area contributed by atoms with Gasteiger partial charge in [0.2, 0.25) is 0 Å². The fraction of sp³-hybridized carbons (Fsp3) is 0.625. The van der Waals surface area contributed by atoms with Crippen molar-refractivity contribution in [2.75, 3.05) is 27.2 Å². The summed E-state index contributed by atoms with van der Waals surface area (Å²) in [4.78, 5) is 2.34. The second-order valence-corrected chi connectivity index (χ2v) is 5.79. The third-order valence-electron chi connectivity index (χ3n) is 3.74. The van der Waals surface area contributed by atoms with Gasteiger partial charge in [-0.1, -0.05) is 6.07 Å². The lowest BCUT2D eigenvalue weighted by Gasteiger charge is -2.29. The van der Waals surface area contributed by atoms with Crippen molar-refractivity contribution in [3.05, 3.63) is 23.8 Å². The molecule has 1 aromatic rings. The molecule has 1 unspecified atom stereocenters. The van der Waals surface area contributed by atoms with E-state index >= 15 is 0 Å². The van der Waals surface area contributed by atoms with E-state index in [4.69, 9.17) is 15.2 Å². The average Bonchev–Trinajstić information content (AvgIpc) is 2.42. The van der Waals surface area contributed by atoms with Gasteiger partial charge in [0.15, 0.2) is 11.5 Å². The van der Waals surface area contributed by atoms with E-state index in [1.807, 2.05) is 19.1 Å². The van der Waals surface area contributed by atoms with Crippen molar-refractivity contribution < 1.29 is 9.47 Å². The third-order valence-corrected chi connectivity index (χ3v) is 3.74. The second kappa shape index (κ2) is 6.95. The molecule has 1 saturated heterocycles. The van der Waals surface area contributed by atoms with Crippen LogP contribution in [0, 0.1) is 0 Å². The van der Waals surface area contributed by atoms with Crippen molar-refractivity contribution >= 4 is 0 Å². The summed E-state index contributed by atoms with van der Waals surface area (Å²) in [5.74, 6) is 1.65. The summed E-state index contributed by atoms with van der Waals surface area (Å²) in [6.45, 7) is 4.20. The van der Waals surface area contributed by atoms with Gasteiger partial charge in [-0.15, -0.1) is 0 Å². The highest BCUT2D eigenvalue weighted by atomic mass is 16.5. The maximum Gasteiger partial charge on any atom is 0.161 e. The van der Waals surface area contributed by atoms with Gasteiger partial charge in [0.05, 0.1) is 7.11 Å². The molecule has 1 aromatic carbocycles. The molecule has 0 amide bonds. The summed E-state index contributed by atoms with van der Waals surface area (Å²) >= 11 is 0. The predicted molar refractivity (Wildman–Crippen MR) is 81.5 cm³/mol. The Balaban J connectivity index is 2.03. The Kier molecular flexibility index (Phi) is 5.26. The molecule has 0 saturated carbocycles. The van der Waals surface area contributed by atoms with Crippen molar-refractivity contribution in [3.8, 4) is 11.5 Å². The lowest BCUT2D eigenvalue weighted by atomic mass is 10.1. The Morgan fingerprint density at radius 3 is 2.60 bits per heavy atom. The van der Waals surface area contributed by atoms with Gasteiger partial charge in [-0.25, -0.2) is 0 Å². The number of benzene rings is 1. The quantitative estimate of drug-likeness (QED) is 0.895. The van der Waals surface area contributed by atoms with Crippen molar-refractivity contribution in [2.24, 2.45) is 5.73 Å². The first-order valence-corrected chi connectivity index (χ1v) is 7.36. The molecule has 4 nitrogen and oxygen atoms in total. The first-order chi connectivity index (χ1) is 9.58. The molecular formula is C16H26N2O2. The van der Waals surface area contributed by atoms with Crippen LogP contribution in [-0.4, -0.2) is 44.3 Å². The topological polar surface area (TPSA) is 47.7 Å². The Morgan fingerprint density at radius 2 is 2.00 bits per heavy atom. The van der Waals surface area contributed by atoms with Crippen LogP contribution in [0.25, 0.3) is 0 Å². The lowest BCUT2D eigenvalue weighted by Crippen LogP contribution is -2.35. The largest absolute Gasteiger partial charge is 0.493 e. The number of hydrogen-bond donors (Lipinski definition) is 1. The van der Waals surface area contributed by atoms with E-state index < -0.39 is 0 Å². The summed E-state index contributed by atoms with van der Waals surface area (Å²) in [5.41, 5.74) is 7.03. The predicted octanol–water partition coefficient (Wildman–Crippen LogP) is 2.06. The minimum atomic E-state index is 0.153. The van der Waals surface area contributed by atoms with Crippen molar-refractivity contribution in [2.45, 2.75) is 38.3 Å². The van der Waals surface area contributed by atoms with Crippen molar-refractivity contribution in [1.82, 2.24) is 4.90 Å². The average molecular weight is 278 g/mol. The number of methoxy groups -OCH3 is 1. The number of piperidine rings is 1. The smallest absolute Gasteiger partial charge is 0.161 e. The molecule has 0 aromatic heterocycles. The Morgan fingerprint density at radius 1 is 1.30 bits per heavy atom. The highest BCUT2D eigenvalue weighted by Crippen LogP contribution is 2.30. The molecule has 0 aliphatic carbocycles. The molecule has 1 fully saturated rings. The van der Waals surface area contributed by atoms with Gasteiger partial charge in [0.25, 0.3) is 0 Å². The first-order valence-electron chi connectivity index (χ1n) is 7.36. The molecule has 1 heterocycles. The minimum Gasteiger partial charge on any atom is -0.493 e. The lowest BCUT2D eigenvalue weighted by molar-refractivity contribution is 0.111. The highest BCUT2D eigenvalue weighted by molar-refractivity contribution is 5.43. The summed E-state index contributed by atoms with van der Waals surface area (Å²) in [5, 5.41) is 0. The van der Waals surface area contributed by atoms with Crippen LogP contribution in [0.2, 0.25) is 0 Å². The molecule has 4 heteroatoms. The molecule has 112 valence electrons. The molecule has 1 aliphatic rings. The van der Waals surface area contributed by atoms with Crippen LogP contribution < -0.4 is 15.2 Å². The SMILES string of the molecule is COc1cc(CC(C)N)ccc1OC1CCN(C)CC1. The van der Waals surface area contributed by atoms with Gasteiger partial charge >= 0.3 is 0 Å². The summed E-state index contributed by atoms with van der Waals surface area (Å²) in [7, 11) is 3.84. The van der Waals surface area contributed by atoms with Gasteiger partial charge in [0, 0.05) is 19.1 Å². The number of rotatable bonds is 5. The second-order valence-electron chi connectivity index (χ2n) is 5.79. The van der Waals surface area contributed by atoms with E-state index in [1.54, 1.807) is 7.11 Å². The first kappa shape index (κ1) is 15.1. The van der Waals surface area contributed by atoms with Crippen LogP contribution in [0.3, 0.4) is 0 Å². The van der Waals surface area contributed by atoms with Crippen molar-refractivity contribution in [3.63, 3.8) is 0 Å². The molecule has 1 aliphatic heterocycles. The van der Waals surface area contributed by atoms with Crippen LogP contribution in [0.5, 0.6) is 11.5 Å². The molecule has 0 radical (unpaired) electrons. The molecule has 1 atom stereocenters. The van der Waals surface area contributed by atoms with E-state index in [0.29, 0.717) is 6.10 Å². The summed E-state index contributed by atoms with van der Waals surface area (Å²) in [6.07, 6.45) is 3.28. The zero-order valence-electron chi connectivity index (χ0n) is 12.8. The van der Waals surface area contributed by atoms with Gasteiger partial charge in [-0.3, -0.25) is 0 Å². The van der Waals surface area contributed by atoms with Crippen LogP contribution in [0.15, 0.2) is 18.2 Å². The normalized spacial score (nSPS) is 18.8. The van der Waals surface area contributed by atoms with Gasteiger partial charge in [-0.05, 0) is 50.9 Å². The number of likely N-dealkylation sites (tertiary alicyclic amines) is 1.